The molecule has 28 heavy (non-hydrogen) atoms. The molecular weight excluding hydrogens is 378 g/mol. The smallest absolute Gasteiger partial charge is 0.243 e. The Morgan fingerprint density at radius 1 is 1.21 bits per heavy atom. The molecule has 2 heterocycles. The van der Waals surface area contributed by atoms with Crippen LogP contribution < -0.4 is 10.0 Å². The summed E-state index contributed by atoms with van der Waals surface area (Å²) in [6, 6.07) is 10.2. The lowest BCUT2D eigenvalue weighted by Crippen LogP contribution is -2.42. The summed E-state index contributed by atoms with van der Waals surface area (Å²) in [6.45, 7) is 5.85. The molecule has 1 aromatic carbocycles. The van der Waals surface area contributed by atoms with E-state index in [0.29, 0.717) is 17.4 Å². The van der Waals surface area contributed by atoms with Gasteiger partial charge in [-0.15, -0.1) is 0 Å². The third-order valence-corrected chi connectivity index (χ3v) is 5.70. The van der Waals surface area contributed by atoms with E-state index in [1.54, 1.807) is 24.3 Å². The monoisotopic (exact) mass is 401 g/mol. The second-order valence-electron chi connectivity index (χ2n) is 6.73. The molecule has 0 aliphatic heterocycles. The highest BCUT2D eigenvalue weighted by atomic mass is 32.2. The zero-order chi connectivity index (χ0) is 20.3. The predicted molar refractivity (Wildman–Crippen MR) is 106 cm³/mol. The number of benzene rings is 1. The summed E-state index contributed by atoms with van der Waals surface area (Å²) in [6.07, 6.45) is 1.54. The Balaban J connectivity index is 1.62. The van der Waals surface area contributed by atoms with Gasteiger partial charge in [0, 0.05) is 23.3 Å². The van der Waals surface area contributed by atoms with Gasteiger partial charge in [0.15, 0.2) is 0 Å². The largest absolute Gasteiger partial charge is 0.351 e. The molecule has 9 heteroatoms. The minimum absolute atomic E-state index is 0.0501. The number of nitrogens with zero attached hydrogens (tertiary/aromatic N) is 3. The molecule has 2 aromatic heterocycles. The molecule has 0 aliphatic rings. The van der Waals surface area contributed by atoms with E-state index in [2.05, 4.69) is 20.1 Å². The number of sulfonamides is 1. The molecule has 0 saturated heterocycles. The second kappa shape index (κ2) is 8.07. The van der Waals surface area contributed by atoms with Gasteiger partial charge in [0.2, 0.25) is 15.9 Å². The standard InChI is InChI=1S/C19H23N5O3S/c1-13-10-15(3)24(23-13)12-14(2)22-18(25)11-21-28(26,27)17-8-4-6-16-7-5-9-20-19(16)17/h4-10,14,21H,11-12H2,1-3H3,(H,22,25). The van der Waals surface area contributed by atoms with Crippen molar-refractivity contribution >= 4 is 26.8 Å². The van der Waals surface area contributed by atoms with Crippen LogP contribution >= 0.6 is 0 Å². The zero-order valence-corrected chi connectivity index (χ0v) is 16.8. The van der Waals surface area contributed by atoms with Crippen LogP contribution in [-0.4, -0.2) is 41.7 Å². The molecular formula is C19H23N5O3S. The van der Waals surface area contributed by atoms with Gasteiger partial charge < -0.3 is 5.32 Å². The third-order valence-electron chi connectivity index (χ3n) is 4.27. The van der Waals surface area contributed by atoms with Gasteiger partial charge in [0.25, 0.3) is 0 Å². The topological polar surface area (TPSA) is 106 Å². The van der Waals surface area contributed by atoms with Crippen molar-refractivity contribution in [1.82, 2.24) is 24.8 Å². The molecule has 8 nitrogen and oxygen atoms in total. The number of carbonyl (C=O) groups excluding carboxylic acids is 1. The van der Waals surface area contributed by atoms with Crippen LogP contribution in [-0.2, 0) is 21.4 Å². The van der Waals surface area contributed by atoms with Gasteiger partial charge in [0.1, 0.15) is 4.90 Å². The lowest BCUT2D eigenvalue weighted by molar-refractivity contribution is -0.120. The first-order chi connectivity index (χ1) is 13.3. The predicted octanol–water partition coefficient (Wildman–Crippen LogP) is 1.53. The van der Waals surface area contributed by atoms with Crippen LogP contribution in [0.15, 0.2) is 47.5 Å². The summed E-state index contributed by atoms with van der Waals surface area (Å²) in [4.78, 5) is 16.4. The number of aryl methyl sites for hydroxylation is 2. The maximum Gasteiger partial charge on any atom is 0.243 e. The van der Waals surface area contributed by atoms with Crippen LogP contribution in [0.1, 0.15) is 18.3 Å². The lowest BCUT2D eigenvalue weighted by Gasteiger charge is -2.15. The number of aromatic nitrogens is 3. The average molecular weight is 401 g/mol. The summed E-state index contributed by atoms with van der Waals surface area (Å²) in [7, 11) is -3.87. The van der Waals surface area contributed by atoms with E-state index in [9.17, 15) is 13.2 Å². The van der Waals surface area contributed by atoms with Crippen LogP contribution in [0.25, 0.3) is 10.9 Å². The molecule has 0 fully saturated rings. The molecule has 3 rings (SSSR count). The molecule has 0 aliphatic carbocycles. The number of hydrogen-bond acceptors (Lipinski definition) is 5. The fourth-order valence-electron chi connectivity index (χ4n) is 3.02. The van der Waals surface area contributed by atoms with Crippen LogP contribution in [0.3, 0.4) is 0 Å². The minimum atomic E-state index is -3.87. The van der Waals surface area contributed by atoms with E-state index >= 15 is 0 Å². The van der Waals surface area contributed by atoms with Gasteiger partial charge in [-0.3, -0.25) is 14.5 Å². The van der Waals surface area contributed by atoms with Crippen LogP contribution in [0.4, 0.5) is 0 Å². The molecule has 3 aromatic rings. The number of carbonyl (C=O) groups is 1. The molecule has 0 bridgehead atoms. The van der Waals surface area contributed by atoms with Crippen LogP contribution in [0.2, 0.25) is 0 Å². The van der Waals surface area contributed by atoms with Gasteiger partial charge in [-0.1, -0.05) is 18.2 Å². The first kappa shape index (κ1) is 20.0. The Morgan fingerprint density at radius 3 is 2.68 bits per heavy atom. The SMILES string of the molecule is Cc1cc(C)n(CC(C)NC(=O)CNS(=O)(=O)c2cccc3cccnc23)n1. The van der Waals surface area contributed by atoms with Crippen molar-refractivity contribution in [2.45, 2.75) is 38.3 Å². The first-order valence-corrected chi connectivity index (χ1v) is 10.4. The van der Waals surface area contributed by atoms with Crippen molar-refractivity contribution in [2.24, 2.45) is 0 Å². The molecule has 1 unspecified atom stereocenters. The van der Waals surface area contributed by atoms with Gasteiger partial charge >= 0.3 is 0 Å². The highest BCUT2D eigenvalue weighted by Gasteiger charge is 2.19. The second-order valence-corrected chi connectivity index (χ2v) is 8.47. The molecule has 1 amide bonds. The number of hydrogen-bond donors (Lipinski definition) is 2. The minimum Gasteiger partial charge on any atom is -0.351 e. The first-order valence-electron chi connectivity index (χ1n) is 8.90. The molecule has 2 N–H and O–H groups in total. The fraction of sp³-hybridized carbons (Fsp3) is 0.316. The van der Waals surface area contributed by atoms with E-state index in [4.69, 9.17) is 0 Å². The van der Waals surface area contributed by atoms with E-state index in [1.807, 2.05) is 31.5 Å². The maximum absolute atomic E-state index is 12.6. The van der Waals surface area contributed by atoms with Gasteiger partial charge in [-0.2, -0.15) is 5.10 Å². The summed E-state index contributed by atoms with van der Waals surface area (Å²) in [5.74, 6) is -0.411. The normalized spacial score (nSPS) is 12.8. The highest BCUT2D eigenvalue weighted by Crippen LogP contribution is 2.20. The molecule has 1 atom stereocenters. The number of nitrogens with one attached hydrogen (secondary N) is 2. The number of rotatable bonds is 7. The quantitative estimate of drug-likeness (QED) is 0.625. The van der Waals surface area contributed by atoms with Crippen LogP contribution in [0, 0.1) is 13.8 Å². The third kappa shape index (κ3) is 4.55. The van der Waals surface area contributed by atoms with Crippen molar-refractivity contribution in [3.63, 3.8) is 0 Å². The van der Waals surface area contributed by atoms with Crippen LogP contribution in [0.5, 0.6) is 0 Å². The van der Waals surface area contributed by atoms with Gasteiger partial charge in [-0.05, 0) is 39.0 Å². The molecule has 0 radical (unpaired) electrons. The number of amides is 1. The molecule has 0 spiro atoms. The molecule has 0 saturated carbocycles. The zero-order valence-electron chi connectivity index (χ0n) is 16.0. The van der Waals surface area contributed by atoms with Crippen molar-refractivity contribution in [3.8, 4) is 0 Å². The summed E-state index contributed by atoms with van der Waals surface area (Å²) in [5.41, 5.74) is 2.28. The Hall–Kier alpha value is -2.78. The van der Waals surface area contributed by atoms with Crippen molar-refractivity contribution in [3.05, 3.63) is 54.0 Å². The fourth-order valence-corrected chi connectivity index (χ4v) is 4.18. The highest BCUT2D eigenvalue weighted by molar-refractivity contribution is 7.89. The van der Waals surface area contributed by atoms with E-state index in [1.165, 1.54) is 12.3 Å². The Labute approximate surface area is 164 Å². The Kier molecular flexibility index (Phi) is 5.76. The summed E-state index contributed by atoms with van der Waals surface area (Å²) in [5, 5.41) is 7.86. The number of pyridine rings is 1. The van der Waals surface area contributed by atoms with Crippen molar-refractivity contribution in [1.29, 1.82) is 0 Å². The van der Waals surface area contributed by atoms with Crippen molar-refractivity contribution in [2.75, 3.05) is 6.54 Å². The van der Waals surface area contributed by atoms with E-state index in [0.717, 1.165) is 11.4 Å². The van der Waals surface area contributed by atoms with Gasteiger partial charge in [0.05, 0.1) is 24.3 Å². The summed E-state index contributed by atoms with van der Waals surface area (Å²) < 4.78 is 29.4. The van der Waals surface area contributed by atoms with Gasteiger partial charge in [-0.25, -0.2) is 13.1 Å². The Morgan fingerprint density at radius 2 is 1.96 bits per heavy atom. The summed E-state index contributed by atoms with van der Waals surface area (Å²) >= 11 is 0. The number of fused-ring (bicyclic) bond motifs is 1. The number of para-hydroxylation sites is 1. The lowest BCUT2D eigenvalue weighted by atomic mass is 10.2. The van der Waals surface area contributed by atoms with Crippen molar-refractivity contribution < 1.29 is 13.2 Å². The van der Waals surface area contributed by atoms with E-state index < -0.39 is 15.9 Å². The Bertz CT molecular complexity index is 1100. The maximum atomic E-state index is 12.6. The molecule has 148 valence electrons. The average Bonchev–Trinajstić information content (AvgIpc) is 2.96. The van der Waals surface area contributed by atoms with E-state index in [-0.39, 0.29) is 17.5 Å².